The molecule has 0 aromatic heterocycles. The molecule has 3 heteroatoms. The number of hydrogen-bond acceptors (Lipinski definition) is 1. The van der Waals surface area contributed by atoms with Crippen molar-refractivity contribution in [3.63, 3.8) is 0 Å². The van der Waals surface area contributed by atoms with Crippen LogP contribution in [0.5, 0.6) is 5.75 Å². The molecule has 1 nitrogen and oxygen atoms in total. The van der Waals surface area contributed by atoms with Crippen LogP contribution in [0.2, 0.25) is 0 Å². The van der Waals surface area contributed by atoms with Crippen molar-refractivity contribution in [3.05, 3.63) is 89.5 Å². The molecule has 2 aromatic carbocycles. The summed E-state index contributed by atoms with van der Waals surface area (Å²) >= 11 is 0. The maximum absolute atomic E-state index is 14.6. The lowest BCUT2D eigenvalue weighted by atomic mass is 9.77. The number of rotatable bonds is 6. The van der Waals surface area contributed by atoms with Gasteiger partial charge in [0.05, 0.1) is 6.61 Å². The van der Waals surface area contributed by atoms with Crippen molar-refractivity contribution in [2.45, 2.75) is 63.2 Å². The van der Waals surface area contributed by atoms with Crippen molar-refractivity contribution in [3.8, 4) is 5.75 Å². The quantitative estimate of drug-likeness (QED) is 0.428. The van der Waals surface area contributed by atoms with Gasteiger partial charge < -0.3 is 4.74 Å². The zero-order chi connectivity index (χ0) is 21.8. The average Bonchev–Trinajstić information content (AvgIpc) is 2.83. The van der Waals surface area contributed by atoms with E-state index < -0.39 is 11.6 Å². The van der Waals surface area contributed by atoms with E-state index in [0.717, 1.165) is 12.8 Å². The van der Waals surface area contributed by atoms with Crippen LogP contribution in [-0.4, -0.2) is 6.61 Å². The predicted molar refractivity (Wildman–Crippen MR) is 123 cm³/mol. The van der Waals surface area contributed by atoms with Crippen molar-refractivity contribution < 1.29 is 13.5 Å². The van der Waals surface area contributed by atoms with Crippen molar-refractivity contribution in [2.75, 3.05) is 6.61 Å². The monoisotopic (exact) mass is 422 g/mol. The van der Waals surface area contributed by atoms with Crippen molar-refractivity contribution in [1.29, 1.82) is 0 Å². The van der Waals surface area contributed by atoms with Gasteiger partial charge in [0.25, 0.3) is 0 Å². The van der Waals surface area contributed by atoms with Gasteiger partial charge in [-0.15, -0.1) is 6.58 Å². The first kappa shape index (κ1) is 21.8. The Bertz CT molecular complexity index is 923. The Morgan fingerprint density at radius 1 is 0.839 bits per heavy atom. The van der Waals surface area contributed by atoms with Gasteiger partial charge in [0.1, 0.15) is 0 Å². The molecule has 0 aliphatic heterocycles. The SMILES string of the molecule is C=CC1CCC(c2ccc(C3C=CC(c4ccc(OCC)c(F)c4F)CC3)cc2)CC1. The van der Waals surface area contributed by atoms with Crippen LogP contribution in [0.4, 0.5) is 8.78 Å². The van der Waals surface area contributed by atoms with Gasteiger partial charge in [-0.05, 0) is 80.0 Å². The molecule has 2 aliphatic rings. The third-order valence-corrected chi connectivity index (χ3v) is 7.08. The molecule has 0 radical (unpaired) electrons. The second-order valence-corrected chi connectivity index (χ2v) is 8.90. The summed E-state index contributed by atoms with van der Waals surface area (Å²) in [5.74, 6) is -0.0987. The molecule has 0 saturated heterocycles. The zero-order valence-electron chi connectivity index (χ0n) is 18.3. The van der Waals surface area contributed by atoms with E-state index in [9.17, 15) is 8.78 Å². The normalized spacial score (nSPS) is 25.9. The van der Waals surface area contributed by atoms with Crippen LogP contribution in [0.25, 0.3) is 0 Å². The van der Waals surface area contributed by atoms with E-state index in [1.165, 1.54) is 36.8 Å². The average molecular weight is 423 g/mol. The Morgan fingerprint density at radius 2 is 1.48 bits per heavy atom. The topological polar surface area (TPSA) is 9.23 Å². The number of allylic oxidation sites excluding steroid dienone is 3. The minimum absolute atomic E-state index is 0.0144. The second kappa shape index (κ2) is 9.80. The van der Waals surface area contributed by atoms with Crippen LogP contribution >= 0.6 is 0 Å². The minimum Gasteiger partial charge on any atom is -0.491 e. The minimum atomic E-state index is -0.882. The van der Waals surface area contributed by atoms with Crippen molar-refractivity contribution >= 4 is 0 Å². The molecule has 2 aromatic rings. The Kier molecular flexibility index (Phi) is 6.89. The van der Waals surface area contributed by atoms with Crippen LogP contribution in [0.3, 0.4) is 0 Å². The van der Waals surface area contributed by atoms with E-state index in [-0.39, 0.29) is 11.7 Å². The summed E-state index contributed by atoms with van der Waals surface area (Å²) in [6.45, 7) is 6.01. The number of benzene rings is 2. The summed E-state index contributed by atoms with van der Waals surface area (Å²) in [4.78, 5) is 0. The molecule has 0 amide bonds. The molecule has 31 heavy (non-hydrogen) atoms. The Morgan fingerprint density at radius 3 is 2.10 bits per heavy atom. The van der Waals surface area contributed by atoms with Crippen LogP contribution < -0.4 is 4.74 Å². The molecule has 0 heterocycles. The van der Waals surface area contributed by atoms with E-state index >= 15 is 0 Å². The van der Waals surface area contributed by atoms with Gasteiger partial charge >= 0.3 is 0 Å². The first-order valence-electron chi connectivity index (χ1n) is 11.6. The van der Waals surface area contributed by atoms with Crippen LogP contribution in [0.1, 0.15) is 79.9 Å². The molecule has 4 rings (SSSR count). The van der Waals surface area contributed by atoms with Crippen LogP contribution in [0, 0.1) is 17.6 Å². The van der Waals surface area contributed by atoms with Gasteiger partial charge in [-0.1, -0.05) is 48.6 Å². The molecule has 164 valence electrons. The summed E-state index contributed by atoms with van der Waals surface area (Å²) in [6, 6.07) is 12.3. The maximum atomic E-state index is 14.6. The summed E-state index contributed by atoms with van der Waals surface area (Å²) in [7, 11) is 0. The van der Waals surface area contributed by atoms with Gasteiger partial charge in [-0.2, -0.15) is 4.39 Å². The van der Waals surface area contributed by atoms with E-state index in [4.69, 9.17) is 4.74 Å². The number of hydrogen-bond donors (Lipinski definition) is 0. The predicted octanol–water partition coefficient (Wildman–Crippen LogP) is 8.04. The fourth-order valence-electron chi connectivity index (χ4n) is 5.16. The van der Waals surface area contributed by atoms with E-state index in [2.05, 4.69) is 43.0 Å². The second-order valence-electron chi connectivity index (χ2n) is 8.90. The molecule has 2 atom stereocenters. The molecule has 1 fully saturated rings. The molecule has 1 saturated carbocycles. The van der Waals surface area contributed by atoms with E-state index in [1.807, 2.05) is 6.08 Å². The number of ether oxygens (including phenoxy) is 1. The van der Waals surface area contributed by atoms with Gasteiger partial charge in [0.15, 0.2) is 11.6 Å². The Balaban J connectivity index is 1.42. The van der Waals surface area contributed by atoms with E-state index in [0.29, 0.717) is 29.9 Å². The zero-order valence-corrected chi connectivity index (χ0v) is 18.3. The molecule has 2 unspecified atom stereocenters. The molecule has 0 spiro atoms. The van der Waals surface area contributed by atoms with E-state index in [1.54, 1.807) is 19.1 Å². The largest absolute Gasteiger partial charge is 0.491 e. The smallest absolute Gasteiger partial charge is 0.200 e. The van der Waals surface area contributed by atoms with Gasteiger partial charge in [0.2, 0.25) is 5.82 Å². The lowest BCUT2D eigenvalue weighted by molar-refractivity contribution is 0.313. The Hall–Kier alpha value is -2.42. The molecule has 0 N–H and O–H groups in total. The summed E-state index contributed by atoms with van der Waals surface area (Å²) in [6.07, 6.45) is 13.0. The summed E-state index contributed by atoms with van der Waals surface area (Å²) in [5.41, 5.74) is 3.16. The van der Waals surface area contributed by atoms with Gasteiger partial charge in [0, 0.05) is 11.8 Å². The highest BCUT2D eigenvalue weighted by atomic mass is 19.2. The first-order valence-corrected chi connectivity index (χ1v) is 11.6. The number of halogens is 2. The lowest BCUT2D eigenvalue weighted by Crippen LogP contribution is -2.12. The standard InChI is InChI=1S/C28H32F2O/c1-3-19-5-7-20(8-6-19)21-9-11-22(12-10-21)23-13-15-24(16-14-23)25-17-18-26(31-4-2)28(30)27(25)29/h3,9-13,15,17-20,23-24H,1,4-8,14,16H2,2H3. The molecule has 2 aliphatic carbocycles. The fourth-order valence-corrected chi connectivity index (χ4v) is 5.16. The van der Waals surface area contributed by atoms with Gasteiger partial charge in [-0.3, -0.25) is 0 Å². The van der Waals surface area contributed by atoms with Crippen LogP contribution in [0.15, 0.2) is 61.2 Å². The summed E-state index contributed by atoms with van der Waals surface area (Å²) in [5, 5.41) is 0. The van der Waals surface area contributed by atoms with Crippen molar-refractivity contribution in [1.82, 2.24) is 0 Å². The molecular formula is C28H32F2O. The van der Waals surface area contributed by atoms with Crippen LogP contribution in [-0.2, 0) is 0 Å². The maximum Gasteiger partial charge on any atom is 0.200 e. The van der Waals surface area contributed by atoms with Gasteiger partial charge in [-0.25, -0.2) is 4.39 Å². The van der Waals surface area contributed by atoms with Crippen molar-refractivity contribution in [2.24, 2.45) is 5.92 Å². The lowest BCUT2D eigenvalue weighted by Gasteiger charge is -2.28. The highest BCUT2D eigenvalue weighted by Crippen LogP contribution is 2.39. The highest BCUT2D eigenvalue weighted by molar-refractivity contribution is 5.37. The summed E-state index contributed by atoms with van der Waals surface area (Å²) < 4.78 is 34.0. The Labute approximate surface area is 184 Å². The third kappa shape index (κ3) is 4.76. The molecule has 0 bridgehead atoms. The molecular weight excluding hydrogens is 390 g/mol. The first-order chi connectivity index (χ1) is 15.1. The third-order valence-electron chi connectivity index (χ3n) is 7.08. The highest BCUT2D eigenvalue weighted by Gasteiger charge is 2.25. The fraction of sp³-hybridized carbons (Fsp3) is 0.429.